The first-order chi connectivity index (χ1) is 17.5. The number of fused-ring (bicyclic) bond motifs is 1. The molecule has 4 aromatic rings. The van der Waals surface area contributed by atoms with E-state index in [2.05, 4.69) is 16.4 Å². The second-order valence-corrected chi connectivity index (χ2v) is 9.73. The Morgan fingerprint density at radius 2 is 2.00 bits per heavy atom. The van der Waals surface area contributed by atoms with E-state index in [4.69, 9.17) is 9.83 Å². The molecule has 1 fully saturated rings. The second kappa shape index (κ2) is 9.22. The summed E-state index contributed by atoms with van der Waals surface area (Å²) in [5.41, 5.74) is 6.91. The van der Waals surface area contributed by atoms with Crippen LogP contribution in [0.15, 0.2) is 71.6 Å². The van der Waals surface area contributed by atoms with Gasteiger partial charge in [-0.25, -0.2) is 4.39 Å². The molecule has 1 saturated carbocycles. The van der Waals surface area contributed by atoms with Gasteiger partial charge in [0.05, 0.1) is 12.6 Å². The van der Waals surface area contributed by atoms with Gasteiger partial charge in [0.15, 0.2) is 0 Å². The van der Waals surface area contributed by atoms with Crippen LogP contribution in [0.3, 0.4) is 0 Å². The number of carbonyl (C=O) groups excluding carboxylic acids is 1. The zero-order valence-corrected chi connectivity index (χ0v) is 19.8. The van der Waals surface area contributed by atoms with E-state index >= 15 is 0 Å². The van der Waals surface area contributed by atoms with Crippen LogP contribution in [0.25, 0.3) is 11.1 Å². The number of hydrogen-bond donors (Lipinski definition) is 2. The summed E-state index contributed by atoms with van der Waals surface area (Å²) in [5.74, 6) is -0.0847. The smallest absolute Gasteiger partial charge is 0.293 e. The molecule has 1 amide bonds. The van der Waals surface area contributed by atoms with Gasteiger partial charge in [0.25, 0.3) is 11.6 Å². The lowest BCUT2D eigenvalue weighted by molar-refractivity contribution is 0.0931. The summed E-state index contributed by atoms with van der Waals surface area (Å²) >= 11 is 0. The Morgan fingerprint density at radius 1 is 1.17 bits per heavy atom. The van der Waals surface area contributed by atoms with Crippen LogP contribution in [-0.2, 0) is 19.4 Å². The number of carbonyl (C=O) groups is 1. The third-order valence-electron chi connectivity index (χ3n) is 7.19. The molecule has 0 radical (unpaired) electrons. The predicted octanol–water partition coefficient (Wildman–Crippen LogP) is 5.18. The van der Waals surface area contributed by atoms with Gasteiger partial charge < -0.3 is 9.73 Å². The van der Waals surface area contributed by atoms with Gasteiger partial charge in [0, 0.05) is 23.7 Å². The van der Waals surface area contributed by atoms with Crippen molar-refractivity contribution in [1.29, 1.82) is 5.41 Å². The zero-order valence-electron chi connectivity index (χ0n) is 19.8. The number of pyridine rings is 1. The molecule has 6 nitrogen and oxygen atoms in total. The van der Waals surface area contributed by atoms with Crippen LogP contribution in [0.2, 0.25) is 0 Å². The van der Waals surface area contributed by atoms with Crippen LogP contribution in [0.1, 0.15) is 58.0 Å². The van der Waals surface area contributed by atoms with Gasteiger partial charge in [-0.3, -0.25) is 19.8 Å². The number of oxazole rings is 1. The maximum atomic E-state index is 13.6. The Balaban J connectivity index is 1.38. The van der Waals surface area contributed by atoms with E-state index < -0.39 is 0 Å². The molecular formula is C29H27FN4O2. The molecule has 2 aromatic heterocycles. The number of aryl methyl sites for hydroxylation is 1. The molecule has 2 aromatic carbocycles. The van der Waals surface area contributed by atoms with Crippen LogP contribution >= 0.6 is 0 Å². The number of amides is 1. The van der Waals surface area contributed by atoms with E-state index in [-0.39, 0.29) is 23.5 Å². The van der Waals surface area contributed by atoms with E-state index in [1.807, 2.05) is 24.4 Å². The van der Waals surface area contributed by atoms with E-state index in [0.717, 1.165) is 60.1 Å². The molecule has 2 aliphatic carbocycles. The fraction of sp³-hybridized carbons (Fsp3) is 0.276. The fourth-order valence-electron chi connectivity index (χ4n) is 5.23. The van der Waals surface area contributed by atoms with Gasteiger partial charge in [0.1, 0.15) is 12.1 Å². The summed E-state index contributed by atoms with van der Waals surface area (Å²) in [4.78, 5) is 18.2. The highest BCUT2D eigenvalue weighted by Gasteiger charge is 2.33. The van der Waals surface area contributed by atoms with Crippen molar-refractivity contribution in [3.63, 3.8) is 0 Å². The minimum Gasteiger partial charge on any atom is -0.432 e. The van der Waals surface area contributed by atoms with Crippen LogP contribution in [0.4, 0.5) is 4.39 Å². The van der Waals surface area contributed by atoms with Crippen molar-refractivity contribution >= 4 is 5.91 Å². The number of nitrogens with one attached hydrogen (secondary N) is 2. The first kappa shape index (κ1) is 22.5. The lowest BCUT2D eigenvalue weighted by Crippen LogP contribution is -2.30. The van der Waals surface area contributed by atoms with Crippen molar-refractivity contribution in [3.05, 3.63) is 107 Å². The van der Waals surface area contributed by atoms with Gasteiger partial charge in [-0.15, -0.1) is 0 Å². The first-order valence-corrected chi connectivity index (χ1v) is 12.4. The van der Waals surface area contributed by atoms with E-state index in [1.165, 1.54) is 24.0 Å². The summed E-state index contributed by atoms with van der Waals surface area (Å²) in [5, 5.41) is 11.2. The van der Waals surface area contributed by atoms with Gasteiger partial charge >= 0.3 is 0 Å². The van der Waals surface area contributed by atoms with Crippen molar-refractivity contribution in [2.24, 2.45) is 5.92 Å². The molecule has 0 unspecified atom stereocenters. The third-order valence-corrected chi connectivity index (χ3v) is 7.19. The average Bonchev–Trinajstić information content (AvgIpc) is 3.48. The van der Waals surface area contributed by atoms with Crippen LogP contribution in [-0.4, -0.2) is 15.5 Å². The normalized spacial score (nSPS) is 15.5. The van der Waals surface area contributed by atoms with Crippen molar-refractivity contribution in [2.45, 2.75) is 44.7 Å². The molecule has 0 aliphatic heterocycles. The minimum atomic E-state index is -0.285. The molecule has 0 bridgehead atoms. The number of rotatable bonds is 7. The van der Waals surface area contributed by atoms with Crippen LogP contribution in [0, 0.1) is 17.1 Å². The molecule has 0 saturated heterocycles. The van der Waals surface area contributed by atoms with Crippen molar-refractivity contribution < 1.29 is 13.6 Å². The quantitative estimate of drug-likeness (QED) is 0.381. The van der Waals surface area contributed by atoms with Gasteiger partial charge in [0.2, 0.25) is 0 Å². The molecule has 6 rings (SSSR count). The van der Waals surface area contributed by atoms with Crippen molar-refractivity contribution in [1.82, 2.24) is 14.9 Å². The largest absolute Gasteiger partial charge is 0.432 e. The topological polar surface area (TPSA) is 83.9 Å². The lowest BCUT2D eigenvalue weighted by Gasteiger charge is -2.20. The minimum absolute atomic E-state index is 0.0568. The Kier molecular flexibility index (Phi) is 5.76. The molecular weight excluding hydrogens is 455 g/mol. The Morgan fingerprint density at radius 3 is 2.75 bits per heavy atom. The molecule has 2 heterocycles. The molecule has 2 aliphatic rings. The molecule has 182 valence electrons. The van der Waals surface area contributed by atoms with Gasteiger partial charge in [-0.05, 0) is 102 Å². The third kappa shape index (κ3) is 4.49. The molecule has 2 N–H and O–H groups in total. The van der Waals surface area contributed by atoms with Crippen molar-refractivity contribution in [2.75, 3.05) is 0 Å². The molecule has 1 atom stereocenters. The number of benzene rings is 2. The molecule has 0 spiro atoms. The number of aromatic nitrogens is 2. The van der Waals surface area contributed by atoms with E-state index in [9.17, 15) is 9.18 Å². The van der Waals surface area contributed by atoms with Crippen LogP contribution < -0.4 is 11.0 Å². The van der Waals surface area contributed by atoms with Gasteiger partial charge in [-0.2, -0.15) is 0 Å². The number of hydrogen-bond acceptors (Lipinski definition) is 4. The summed E-state index contributed by atoms with van der Waals surface area (Å²) in [6.45, 7) is 0.417. The van der Waals surface area contributed by atoms with Crippen molar-refractivity contribution in [3.8, 4) is 11.1 Å². The van der Waals surface area contributed by atoms with E-state index in [1.54, 1.807) is 22.9 Å². The zero-order chi connectivity index (χ0) is 24.6. The SMILES string of the molecule is N=c1occn1Cc1cc(C(=O)N[C@H](c2ccc(F)cc2)C2CC2)cc(-c2ccnc3c2CCC3)c1. The van der Waals surface area contributed by atoms with E-state index in [0.29, 0.717) is 18.0 Å². The second-order valence-electron chi connectivity index (χ2n) is 9.73. The standard InChI is InChI=1S/C29H27FN4O2/c30-23-8-6-20(7-9-23)27(19-4-5-19)33-28(35)22-15-18(17-34-12-13-36-29(34)31)14-21(16-22)24-10-11-32-26-3-1-2-25(24)26/h6-16,19,27,31H,1-5,17H2,(H,33,35)/t27-/m0/s1. The Labute approximate surface area is 208 Å². The lowest BCUT2D eigenvalue weighted by atomic mass is 9.95. The maximum absolute atomic E-state index is 13.6. The predicted molar refractivity (Wildman–Crippen MR) is 133 cm³/mol. The fourth-order valence-corrected chi connectivity index (χ4v) is 5.23. The van der Waals surface area contributed by atoms with Gasteiger partial charge in [-0.1, -0.05) is 12.1 Å². The molecule has 36 heavy (non-hydrogen) atoms. The summed E-state index contributed by atoms with van der Waals surface area (Å²) in [6.07, 6.45) is 10.2. The summed E-state index contributed by atoms with van der Waals surface area (Å²) in [6, 6.07) is 14.2. The maximum Gasteiger partial charge on any atom is 0.293 e. The number of nitrogens with zero attached hydrogens (tertiary/aromatic N) is 2. The summed E-state index contributed by atoms with van der Waals surface area (Å²) in [7, 11) is 0. The highest BCUT2D eigenvalue weighted by atomic mass is 19.1. The highest BCUT2D eigenvalue weighted by molar-refractivity contribution is 5.96. The first-order valence-electron chi connectivity index (χ1n) is 12.4. The van der Waals surface area contributed by atoms with Crippen LogP contribution in [0.5, 0.6) is 0 Å². The molecule has 7 heteroatoms. The Bertz CT molecular complexity index is 1480. The average molecular weight is 483 g/mol. The summed E-state index contributed by atoms with van der Waals surface area (Å²) < 4.78 is 20.4. The highest BCUT2D eigenvalue weighted by Crippen LogP contribution is 2.41. The number of halogens is 1. The Hall–Kier alpha value is -4.00. The monoisotopic (exact) mass is 482 g/mol.